The van der Waals surface area contributed by atoms with Gasteiger partial charge in [-0.15, -0.1) is 0 Å². The van der Waals surface area contributed by atoms with Gasteiger partial charge in [-0.25, -0.2) is 4.98 Å². The summed E-state index contributed by atoms with van der Waals surface area (Å²) in [6.45, 7) is 14.0. The summed E-state index contributed by atoms with van der Waals surface area (Å²) in [5.41, 5.74) is 5.91. The van der Waals surface area contributed by atoms with Gasteiger partial charge in [0.25, 0.3) is 0 Å². The Kier molecular flexibility index (Phi) is 3.00. The zero-order valence-electron chi connectivity index (χ0n) is 16.7. The molecular formula is C23H28N2O. The fourth-order valence-corrected chi connectivity index (χ4v) is 6.13. The van der Waals surface area contributed by atoms with Gasteiger partial charge >= 0.3 is 0 Å². The Morgan fingerprint density at radius 3 is 2.50 bits per heavy atom. The fraction of sp³-hybridized carbons (Fsp3) is 0.522. The molecule has 0 radical (unpaired) electrons. The Bertz CT molecular complexity index is 1050. The van der Waals surface area contributed by atoms with Gasteiger partial charge in [0.15, 0.2) is 5.58 Å². The summed E-state index contributed by atoms with van der Waals surface area (Å²) >= 11 is 0. The zero-order valence-corrected chi connectivity index (χ0v) is 16.7. The Morgan fingerprint density at radius 2 is 1.81 bits per heavy atom. The normalized spacial score (nSPS) is 33.7. The molecule has 0 spiro atoms. The van der Waals surface area contributed by atoms with E-state index in [4.69, 9.17) is 4.42 Å². The van der Waals surface area contributed by atoms with Crippen molar-refractivity contribution in [1.82, 2.24) is 4.98 Å². The van der Waals surface area contributed by atoms with E-state index in [0.717, 1.165) is 28.3 Å². The van der Waals surface area contributed by atoms with Gasteiger partial charge < -0.3 is 9.32 Å². The molecule has 4 atom stereocenters. The van der Waals surface area contributed by atoms with Crippen LogP contribution in [0.1, 0.15) is 51.8 Å². The average molecular weight is 348 g/mol. The summed E-state index contributed by atoms with van der Waals surface area (Å²) in [7, 11) is 0. The molecule has 1 saturated heterocycles. The Morgan fingerprint density at radius 1 is 1.08 bits per heavy atom. The molecule has 0 amide bonds. The molecule has 2 bridgehead atoms. The molecule has 26 heavy (non-hydrogen) atoms. The lowest BCUT2D eigenvalue weighted by molar-refractivity contribution is 0.200. The molecule has 2 aromatic heterocycles. The minimum Gasteiger partial charge on any atom is -0.436 e. The number of anilines is 1. The smallest absolute Gasteiger partial charge is 0.227 e. The van der Waals surface area contributed by atoms with Crippen molar-refractivity contribution < 1.29 is 4.42 Å². The summed E-state index contributed by atoms with van der Waals surface area (Å²) in [6.07, 6.45) is 2.51. The van der Waals surface area contributed by atoms with Crippen molar-refractivity contribution in [3.05, 3.63) is 35.5 Å². The molecule has 0 N–H and O–H groups in total. The number of benzene rings is 1. The summed E-state index contributed by atoms with van der Waals surface area (Å²) in [5.74, 6) is 0.762. The molecule has 1 aliphatic heterocycles. The fourth-order valence-electron chi connectivity index (χ4n) is 6.13. The second-order valence-electron chi connectivity index (χ2n) is 9.35. The number of furan rings is 1. The van der Waals surface area contributed by atoms with Gasteiger partial charge in [0.2, 0.25) is 5.71 Å². The number of hydrogen-bond donors (Lipinski definition) is 0. The van der Waals surface area contributed by atoms with Gasteiger partial charge in [0.1, 0.15) is 0 Å². The number of aryl methyl sites for hydroxylation is 2. The molecule has 136 valence electrons. The van der Waals surface area contributed by atoms with Crippen LogP contribution in [-0.2, 0) is 0 Å². The Hall–Kier alpha value is -2.03. The molecule has 1 aromatic carbocycles. The first-order valence-electron chi connectivity index (χ1n) is 9.83. The Balaban J connectivity index is 1.80. The zero-order chi connectivity index (χ0) is 18.4. The van der Waals surface area contributed by atoms with E-state index in [1.165, 1.54) is 29.5 Å². The van der Waals surface area contributed by atoms with Crippen LogP contribution in [0, 0.1) is 25.2 Å². The van der Waals surface area contributed by atoms with Crippen molar-refractivity contribution in [2.75, 3.05) is 4.90 Å². The van der Waals surface area contributed by atoms with Crippen molar-refractivity contribution in [3.8, 4) is 0 Å². The lowest BCUT2D eigenvalue weighted by Gasteiger charge is -2.47. The Labute approximate surface area is 155 Å². The van der Waals surface area contributed by atoms with Crippen molar-refractivity contribution in [2.45, 2.75) is 66.0 Å². The molecule has 3 heterocycles. The molecule has 3 nitrogen and oxygen atoms in total. The van der Waals surface area contributed by atoms with Crippen LogP contribution in [0.3, 0.4) is 0 Å². The number of hydrogen-bond acceptors (Lipinski definition) is 3. The highest BCUT2D eigenvalue weighted by Gasteiger charge is 2.62. The third-order valence-corrected chi connectivity index (χ3v) is 7.62. The predicted molar refractivity (Wildman–Crippen MR) is 108 cm³/mol. The maximum atomic E-state index is 6.37. The number of aromatic nitrogens is 1. The average Bonchev–Trinajstić information content (AvgIpc) is 3.10. The lowest BCUT2D eigenvalue weighted by Crippen LogP contribution is -2.51. The van der Waals surface area contributed by atoms with E-state index in [1.807, 2.05) is 6.92 Å². The standard InChI is InChI=1S/C23H28N2O/c1-13-7-9-17-18-10-8-15(3)24-21(18)26-20(17)19(13)25-16(4)23(6)12-22(25,5)11-14(23)2/h7-10,14,16H,11-12H2,1-6H3/t14?,16-,22?,23?/m0/s1. The van der Waals surface area contributed by atoms with E-state index in [9.17, 15) is 0 Å². The third kappa shape index (κ3) is 1.81. The maximum Gasteiger partial charge on any atom is 0.227 e. The van der Waals surface area contributed by atoms with Crippen molar-refractivity contribution in [1.29, 1.82) is 0 Å². The van der Waals surface area contributed by atoms with Gasteiger partial charge in [-0.1, -0.05) is 26.0 Å². The molecule has 2 aliphatic rings. The van der Waals surface area contributed by atoms with E-state index < -0.39 is 0 Å². The summed E-state index contributed by atoms with van der Waals surface area (Å²) < 4.78 is 6.37. The number of piperidine rings is 1. The minimum absolute atomic E-state index is 0.203. The summed E-state index contributed by atoms with van der Waals surface area (Å²) in [5, 5.41) is 2.30. The van der Waals surface area contributed by atoms with Crippen molar-refractivity contribution >= 4 is 27.8 Å². The molecule has 5 rings (SSSR count). The van der Waals surface area contributed by atoms with E-state index in [0.29, 0.717) is 11.5 Å². The summed E-state index contributed by atoms with van der Waals surface area (Å²) in [6, 6.07) is 9.17. The highest BCUT2D eigenvalue weighted by atomic mass is 16.3. The van der Waals surface area contributed by atoms with Gasteiger partial charge in [0.05, 0.1) is 5.69 Å². The lowest BCUT2D eigenvalue weighted by atomic mass is 9.75. The van der Waals surface area contributed by atoms with Crippen LogP contribution in [0.5, 0.6) is 0 Å². The second-order valence-corrected chi connectivity index (χ2v) is 9.35. The number of fused-ring (bicyclic) bond motifs is 5. The second kappa shape index (κ2) is 4.82. The number of rotatable bonds is 1. The molecular weight excluding hydrogens is 320 g/mol. The molecule has 1 aliphatic carbocycles. The van der Waals surface area contributed by atoms with Crippen molar-refractivity contribution in [3.63, 3.8) is 0 Å². The van der Waals surface area contributed by atoms with E-state index in [-0.39, 0.29) is 5.54 Å². The highest BCUT2D eigenvalue weighted by molar-refractivity contribution is 6.08. The van der Waals surface area contributed by atoms with E-state index >= 15 is 0 Å². The first-order chi connectivity index (χ1) is 12.2. The molecule has 3 aromatic rings. The van der Waals surface area contributed by atoms with Crippen molar-refractivity contribution in [2.24, 2.45) is 11.3 Å². The van der Waals surface area contributed by atoms with Crippen LogP contribution in [0.15, 0.2) is 28.7 Å². The molecule has 2 fully saturated rings. The van der Waals surface area contributed by atoms with E-state index in [1.54, 1.807) is 0 Å². The largest absolute Gasteiger partial charge is 0.436 e. The number of pyridine rings is 1. The first kappa shape index (κ1) is 16.2. The molecule has 1 saturated carbocycles. The minimum atomic E-state index is 0.203. The van der Waals surface area contributed by atoms with Crippen LogP contribution >= 0.6 is 0 Å². The highest BCUT2D eigenvalue weighted by Crippen LogP contribution is 2.62. The maximum absolute atomic E-state index is 6.37. The predicted octanol–water partition coefficient (Wildman–Crippen LogP) is 6.00. The molecule has 3 unspecified atom stereocenters. The van der Waals surface area contributed by atoms with Crippen LogP contribution < -0.4 is 4.90 Å². The third-order valence-electron chi connectivity index (χ3n) is 7.62. The SMILES string of the molecule is Cc1ccc2c(n1)oc1c(N3[C@@H](C)C4(C)CC3(C)CC4C)c(C)ccc12. The van der Waals surface area contributed by atoms with Crippen LogP contribution in [-0.4, -0.2) is 16.6 Å². The van der Waals surface area contributed by atoms with Gasteiger partial charge in [0, 0.05) is 28.0 Å². The monoisotopic (exact) mass is 348 g/mol. The molecule has 3 heteroatoms. The van der Waals surface area contributed by atoms with Gasteiger partial charge in [-0.2, -0.15) is 0 Å². The quantitative estimate of drug-likeness (QED) is 0.540. The van der Waals surface area contributed by atoms with E-state index in [2.05, 4.69) is 68.8 Å². The van der Waals surface area contributed by atoms with Gasteiger partial charge in [-0.3, -0.25) is 0 Å². The topological polar surface area (TPSA) is 29.3 Å². The van der Waals surface area contributed by atoms with Crippen LogP contribution in [0.25, 0.3) is 22.1 Å². The van der Waals surface area contributed by atoms with Crippen LogP contribution in [0.2, 0.25) is 0 Å². The first-order valence-corrected chi connectivity index (χ1v) is 9.83. The van der Waals surface area contributed by atoms with Crippen LogP contribution in [0.4, 0.5) is 5.69 Å². The summed E-state index contributed by atoms with van der Waals surface area (Å²) in [4.78, 5) is 7.32. The van der Waals surface area contributed by atoms with Gasteiger partial charge in [-0.05, 0) is 69.6 Å². The number of nitrogens with zero attached hydrogens (tertiary/aromatic N) is 2.